The highest BCUT2D eigenvalue weighted by atomic mass is 28.4. The Kier molecular flexibility index (Phi) is 12.6. The third-order valence-electron chi connectivity index (χ3n) is 2.70. The molecule has 0 N–H and O–H groups in total. The SMILES string of the molecule is CCCCCCN=CC[Si](OCC)(OCC)OCC. The van der Waals surface area contributed by atoms with Gasteiger partial charge in [0.25, 0.3) is 0 Å². The molecule has 4 nitrogen and oxygen atoms in total. The Morgan fingerprint density at radius 1 is 0.842 bits per heavy atom. The highest BCUT2D eigenvalue weighted by Crippen LogP contribution is 2.14. The Balaban J connectivity index is 4.11. The second-order valence-corrected chi connectivity index (χ2v) is 6.98. The second-order valence-electron chi connectivity index (χ2n) is 4.34. The molecule has 0 heterocycles. The second kappa shape index (κ2) is 12.8. The van der Waals surface area contributed by atoms with E-state index in [1.165, 1.54) is 19.3 Å². The van der Waals surface area contributed by atoms with Crippen LogP contribution in [-0.2, 0) is 13.3 Å². The summed E-state index contributed by atoms with van der Waals surface area (Å²) in [4.78, 5) is 4.44. The van der Waals surface area contributed by atoms with Gasteiger partial charge in [-0.05, 0) is 27.2 Å². The maximum atomic E-state index is 5.76. The molecule has 0 aromatic carbocycles. The minimum Gasteiger partial charge on any atom is -0.374 e. The van der Waals surface area contributed by atoms with Crippen LogP contribution in [-0.4, -0.2) is 41.4 Å². The van der Waals surface area contributed by atoms with Crippen LogP contribution in [0.5, 0.6) is 0 Å². The number of nitrogens with zero attached hydrogens (tertiary/aromatic N) is 1. The van der Waals surface area contributed by atoms with Crippen molar-refractivity contribution in [3.8, 4) is 0 Å². The summed E-state index contributed by atoms with van der Waals surface area (Å²) < 4.78 is 17.3. The first kappa shape index (κ1) is 18.8. The Morgan fingerprint density at radius 3 is 1.89 bits per heavy atom. The van der Waals surface area contributed by atoms with Crippen LogP contribution in [0.4, 0.5) is 0 Å². The summed E-state index contributed by atoms with van der Waals surface area (Å²) in [6.07, 6.45) is 6.92. The van der Waals surface area contributed by atoms with Crippen molar-refractivity contribution in [2.45, 2.75) is 59.4 Å². The van der Waals surface area contributed by atoms with Crippen molar-refractivity contribution in [1.82, 2.24) is 0 Å². The summed E-state index contributed by atoms with van der Waals surface area (Å²) >= 11 is 0. The van der Waals surface area contributed by atoms with E-state index in [0.717, 1.165) is 13.0 Å². The lowest BCUT2D eigenvalue weighted by atomic mass is 10.2. The predicted octanol–water partition coefficient (Wildman–Crippen LogP) is 3.69. The molecule has 0 aliphatic carbocycles. The van der Waals surface area contributed by atoms with Crippen LogP contribution in [0, 0.1) is 0 Å². The van der Waals surface area contributed by atoms with Crippen molar-refractivity contribution in [2.75, 3.05) is 26.4 Å². The molecular formula is C14H31NO3Si. The van der Waals surface area contributed by atoms with Crippen molar-refractivity contribution >= 4 is 15.0 Å². The zero-order chi connectivity index (χ0) is 14.4. The number of hydrogen-bond acceptors (Lipinski definition) is 4. The zero-order valence-corrected chi connectivity index (χ0v) is 14.1. The van der Waals surface area contributed by atoms with Crippen LogP contribution < -0.4 is 0 Å². The Hall–Kier alpha value is -0.233. The van der Waals surface area contributed by atoms with Crippen LogP contribution >= 0.6 is 0 Å². The molecule has 0 amide bonds. The largest absolute Gasteiger partial charge is 0.506 e. The molecule has 0 saturated carbocycles. The van der Waals surface area contributed by atoms with Gasteiger partial charge in [0, 0.05) is 32.6 Å². The van der Waals surface area contributed by atoms with Crippen LogP contribution in [0.1, 0.15) is 53.4 Å². The van der Waals surface area contributed by atoms with Gasteiger partial charge in [-0.25, -0.2) is 0 Å². The quantitative estimate of drug-likeness (QED) is 0.295. The molecule has 0 aliphatic heterocycles. The molecule has 0 fully saturated rings. The number of unbranched alkanes of at least 4 members (excludes halogenated alkanes) is 3. The fourth-order valence-corrected chi connectivity index (χ4v) is 4.13. The molecule has 0 spiro atoms. The fourth-order valence-electron chi connectivity index (χ4n) is 1.86. The molecule has 0 aromatic rings. The summed E-state index contributed by atoms with van der Waals surface area (Å²) in [7, 11) is -2.52. The molecule has 19 heavy (non-hydrogen) atoms. The normalized spacial score (nSPS) is 12.4. The summed E-state index contributed by atoms with van der Waals surface area (Å²) in [5.41, 5.74) is 0. The standard InChI is InChI=1S/C14H31NO3Si/c1-5-9-10-11-12-15-13-14-19(16-6-2,17-7-3)18-8-4/h13H,5-12,14H2,1-4H3. The lowest BCUT2D eigenvalue weighted by Crippen LogP contribution is -2.46. The lowest BCUT2D eigenvalue weighted by molar-refractivity contribution is 0.0756. The van der Waals surface area contributed by atoms with Crippen molar-refractivity contribution in [3.63, 3.8) is 0 Å². The van der Waals surface area contributed by atoms with E-state index < -0.39 is 8.80 Å². The summed E-state index contributed by atoms with van der Waals surface area (Å²) in [5, 5.41) is 0. The van der Waals surface area contributed by atoms with E-state index in [2.05, 4.69) is 11.9 Å². The van der Waals surface area contributed by atoms with E-state index in [9.17, 15) is 0 Å². The average Bonchev–Trinajstić information content (AvgIpc) is 2.39. The summed E-state index contributed by atoms with van der Waals surface area (Å²) in [6, 6.07) is 0.677. The number of rotatable bonds is 13. The first-order valence-corrected chi connectivity index (χ1v) is 9.57. The lowest BCUT2D eigenvalue weighted by Gasteiger charge is -2.27. The predicted molar refractivity (Wildman–Crippen MR) is 82.9 cm³/mol. The third-order valence-corrected chi connectivity index (χ3v) is 5.57. The van der Waals surface area contributed by atoms with Crippen LogP contribution in [0.3, 0.4) is 0 Å². The van der Waals surface area contributed by atoms with Gasteiger partial charge in [0.1, 0.15) is 0 Å². The molecule has 5 heteroatoms. The Labute approximate surface area is 119 Å². The number of hydrogen-bond donors (Lipinski definition) is 0. The third kappa shape index (κ3) is 9.32. The Bertz CT molecular complexity index is 208. The van der Waals surface area contributed by atoms with E-state index in [0.29, 0.717) is 25.9 Å². The van der Waals surface area contributed by atoms with Crippen LogP contribution in [0.2, 0.25) is 6.04 Å². The van der Waals surface area contributed by atoms with Gasteiger partial charge in [-0.15, -0.1) is 0 Å². The van der Waals surface area contributed by atoms with Gasteiger partial charge in [-0.3, -0.25) is 4.99 Å². The van der Waals surface area contributed by atoms with Gasteiger partial charge in [0.15, 0.2) is 0 Å². The van der Waals surface area contributed by atoms with E-state index in [1.54, 1.807) is 0 Å². The first-order chi connectivity index (χ1) is 9.24. The van der Waals surface area contributed by atoms with Gasteiger partial charge in [0.05, 0.1) is 6.04 Å². The van der Waals surface area contributed by atoms with Crippen molar-refractivity contribution in [2.24, 2.45) is 4.99 Å². The minimum absolute atomic E-state index is 0.622. The summed E-state index contributed by atoms with van der Waals surface area (Å²) in [6.45, 7) is 10.9. The van der Waals surface area contributed by atoms with E-state index in [1.807, 2.05) is 27.0 Å². The van der Waals surface area contributed by atoms with Gasteiger partial charge < -0.3 is 13.3 Å². The van der Waals surface area contributed by atoms with Gasteiger partial charge >= 0.3 is 8.80 Å². The van der Waals surface area contributed by atoms with Gasteiger partial charge in [0.2, 0.25) is 0 Å². The molecular weight excluding hydrogens is 258 g/mol. The molecule has 0 aliphatic rings. The molecule has 0 radical (unpaired) electrons. The smallest absolute Gasteiger partial charge is 0.374 e. The zero-order valence-electron chi connectivity index (χ0n) is 13.1. The average molecular weight is 289 g/mol. The fraction of sp³-hybridized carbons (Fsp3) is 0.929. The van der Waals surface area contributed by atoms with Gasteiger partial charge in [-0.2, -0.15) is 0 Å². The van der Waals surface area contributed by atoms with Crippen molar-refractivity contribution in [3.05, 3.63) is 0 Å². The molecule has 0 atom stereocenters. The van der Waals surface area contributed by atoms with Gasteiger partial charge in [-0.1, -0.05) is 26.2 Å². The molecule has 0 saturated heterocycles. The molecule has 0 rings (SSSR count). The van der Waals surface area contributed by atoms with E-state index in [-0.39, 0.29) is 0 Å². The van der Waals surface area contributed by atoms with Crippen molar-refractivity contribution in [1.29, 1.82) is 0 Å². The van der Waals surface area contributed by atoms with Crippen molar-refractivity contribution < 1.29 is 13.3 Å². The van der Waals surface area contributed by atoms with E-state index in [4.69, 9.17) is 13.3 Å². The Morgan fingerprint density at radius 2 is 1.42 bits per heavy atom. The highest BCUT2D eigenvalue weighted by molar-refractivity contribution is 6.63. The first-order valence-electron chi connectivity index (χ1n) is 7.64. The number of aliphatic imine (C=N–C) groups is 1. The highest BCUT2D eigenvalue weighted by Gasteiger charge is 2.39. The maximum absolute atomic E-state index is 5.76. The summed E-state index contributed by atoms with van der Waals surface area (Å²) in [5.74, 6) is 0. The minimum atomic E-state index is -2.52. The molecule has 0 aromatic heterocycles. The van der Waals surface area contributed by atoms with Crippen LogP contribution in [0.15, 0.2) is 4.99 Å². The van der Waals surface area contributed by atoms with E-state index >= 15 is 0 Å². The molecule has 114 valence electrons. The van der Waals surface area contributed by atoms with Crippen LogP contribution in [0.25, 0.3) is 0 Å². The monoisotopic (exact) mass is 289 g/mol. The maximum Gasteiger partial charge on any atom is 0.506 e. The molecule has 0 bridgehead atoms. The topological polar surface area (TPSA) is 40.0 Å². The molecule has 0 unspecified atom stereocenters.